The van der Waals surface area contributed by atoms with Gasteiger partial charge in [0.1, 0.15) is 5.00 Å². The molecule has 3 rings (SSSR count). The van der Waals surface area contributed by atoms with Gasteiger partial charge in [-0.2, -0.15) is 0 Å². The molecule has 0 spiro atoms. The van der Waals surface area contributed by atoms with Crippen LogP contribution in [-0.4, -0.2) is 44.4 Å². The molecule has 0 aromatic carbocycles. The van der Waals surface area contributed by atoms with Gasteiger partial charge in [0.25, 0.3) is 0 Å². The number of hydrogen-bond donors (Lipinski definition) is 1. The maximum atomic E-state index is 12.4. The van der Waals surface area contributed by atoms with E-state index in [9.17, 15) is 9.59 Å². The molecular formula is C16H21N5O3S2. The molecule has 8 nitrogen and oxygen atoms in total. The lowest BCUT2D eigenvalue weighted by Gasteiger charge is -2.18. The standard InChI is InChI=1S/C16H21N5O3S2/c1-4-24-15(23)13-10-6-5-9(2)7-11(10)26-14(13)17-12(22)8-25-16-18-19-20-21(16)3/h9H,4-8H2,1-3H3,(H,17,22). The van der Waals surface area contributed by atoms with Gasteiger partial charge in [-0.1, -0.05) is 18.7 Å². The van der Waals surface area contributed by atoms with E-state index >= 15 is 0 Å². The average Bonchev–Trinajstić information content (AvgIpc) is 3.15. The van der Waals surface area contributed by atoms with Crippen LogP contribution in [-0.2, 0) is 29.4 Å². The number of carbonyl (C=O) groups is 2. The Morgan fingerprint density at radius 1 is 1.46 bits per heavy atom. The molecule has 26 heavy (non-hydrogen) atoms. The van der Waals surface area contributed by atoms with Gasteiger partial charge in [-0.25, -0.2) is 9.48 Å². The highest BCUT2D eigenvalue weighted by Gasteiger charge is 2.29. The second-order valence-corrected chi connectivity index (χ2v) is 8.25. The highest BCUT2D eigenvalue weighted by molar-refractivity contribution is 7.99. The molecule has 1 unspecified atom stereocenters. The van der Waals surface area contributed by atoms with Crippen molar-refractivity contribution in [3.8, 4) is 0 Å². The predicted octanol–water partition coefficient (Wildman–Crippen LogP) is 2.30. The molecule has 2 aromatic heterocycles. The first-order chi connectivity index (χ1) is 12.5. The minimum atomic E-state index is -0.361. The van der Waals surface area contributed by atoms with Gasteiger partial charge in [-0.05, 0) is 48.1 Å². The number of rotatable bonds is 6. The van der Waals surface area contributed by atoms with E-state index < -0.39 is 0 Å². The summed E-state index contributed by atoms with van der Waals surface area (Å²) in [4.78, 5) is 26.0. The Morgan fingerprint density at radius 3 is 2.96 bits per heavy atom. The zero-order chi connectivity index (χ0) is 18.7. The third-order valence-corrected chi connectivity index (χ3v) is 6.34. The number of aromatic nitrogens is 4. The number of thiophene rings is 1. The molecule has 140 valence electrons. The predicted molar refractivity (Wildman–Crippen MR) is 99.6 cm³/mol. The fourth-order valence-corrected chi connectivity index (χ4v) is 4.96. The van der Waals surface area contributed by atoms with Crippen molar-refractivity contribution in [2.45, 2.75) is 38.3 Å². The van der Waals surface area contributed by atoms with Crippen molar-refractivity contribution < 1.29 is 14.3 Å². The SMILES string of the molecule is CCOC(=O)c1c(NC(=O)CSc2nnnn2C)sc2c1CCC(C)C2. The monoisotopic (exact) mass is 395 g/mol. The van der Waals surface area contributed by atoms with Crippen molar-refractivity contribution >= 4 is 40.0 Å². The Morgan fingerprint density at radius 2 is 2.27 bits per heavy atom. The number of tetrazole rings is 1. The Bertz CT molecular complexity index is 817. The van der Waals surface area contributed by atoms with Crippen molar-refractivity contribution in [2.24, 2.45) is 13.0 Å². The van der Waals surface area contributed by atoms with E-state index in [2.05, 4.69) is 27.8 Å². The zero-order valence-electron chi connectivity index (χ0n) is 14.9. The largest absolute Gasteiger partial charge is 0.462 e. The first-order valence-electron chi connectivity index (χ1n) is 8.46. The highest BCUT2D eigenvalue weighted by atomic mass is 32.2. The van der Waals surface area contributed by atoms with Crippen molar-refractivity contribution in [3.63, 3.8) is 0 Å². The van der Waals surface area contributed by atoms with Gasteiger partial charge in [0.15, 0.2) is 0 Å². The molecule has 0 aliphatic heterocycles. The molecule has 1 aliphatic carbocycles. The van der Waals surface area contributed by atoms with Crippen LogP contribution in [0.4, 0.5) is 5.00 Å². The van der Waals surface area contributed by atoms with Gasteiger partial charge in [0.05, 0.1) is 17.9 Å². The van der Waals surface area contributed by atoms with Crippen LogP contribution in [0.15, 0.2) is 5.16 Å². The number of carbonyl (C=O) groups excluding carboxylic acids is 2. The lowest BCUT2D eigenvalue weighted by Crippen LogP contribution is -2.18. The number of amides is 1. The Hall–Kier alpha value is -1.94. The number of fused-ring (bicyclic) bond motifs is 1. The third kappa shape index (κ3) is 4.07. The number of nitrogens with zero attached hydrogens (tertiary/aromatic N) is 4. The van der Waals surface area contributed by atoms with Crippen LogP contribution in [0.1, 0.15) is 41.1 Å². The summed E-state index contributed by atoms with van der Waals surface area (Å²) in [5, 5.41) is 15.1. The van der Waals surface area contributed by atoms with Gasteiger partial charge in [0, 0.05) is 11.9 Å². The smallest absolute Gasteiger partial charge is 0.341 e. The molecule has 1 amide bonds. The van der Waals surface area contributed by atoms with E-state index in [1.165, 1.54) is 32.7 Å². The second kappa shape index (κ2) is 8.17. The van der Waals surface area contributed by atoms with Crippen LogP contribution in [0.2, 0.25) is 0 Å². The Balaban J connectivity index is 1.76. The summed E-state index contributed by atoms with van der Waals surface area (Å²) in [7, 11) is 1.72. The molecule has 10 heteroatoms. The van der Waals surface area contributed by atoms with Crippen molar-refractivity contribution in [1.82, 2.24) is 20.2 Å². The number of anilines is 1. The summed E-state index contributed by atoms with van der Waals surface area (Å²) in [6.07, 6.45) is 2.82. The van der Waals surface area contributed by atoms with E-state index in [0.29, 0.717) is 28.2 Å². The van der Waals surface area contributed by atoms with E-state index in [1.807, 2.05) is 0 Å². The number of esters is 1. The molecule has 2 aromatic rings. The van der Waals surface area contributed by atoms with Crippen LogP contribution in [0.5, 0.6) is 0 Å². The molecule has 1 atom stereocenters. The fraction of sp³-hybridized carbons (Fsp3) is 0.562. The number of thioether (sulfide) groups is 1. The number of hydrogen-bond acceptors (Lipinski definition) is 8. The molecule has 0 saturated heterocycles. The molecule has 2 heterocycles. The summed E-state index contributed by atoms with van der Waals surface area (Å²) < 4.78 is 6.72. The number of ether oxygens (including phenoxy) is 1. The molecule has 0 bridgehead atoms. The maximum Gasteiger partial charge on any atom is 0.341 e. The molecule has 1 N–H and O–H groups in total. The summed E-state index contributed by atoms with van der Waals surface area (Å²) in [5.41, 5.74) is 1.56. The quantitative estimate of drug-likeness (QED) is 0.592. The first-order valence-corrected chi connectivity index (χ1v) is 10.3. The number of aryl methyl sites for hydroxylation is 1. The lowest BCUT2D eigenvalue weighted by atomic mass is 9.88. The summed E-state index contributed by atoms with van der Waals surface area (Å²) >= 11 is 2.73. The average molecular weight is 396 g/mol. The minimum absolute atomic E-state index is 0.162. The van der Waals surface area contributed by atoms with E-state index in [1.54, 1.807) is 14.0 Å². The zero-order valence-corrected chi connectivity index (χ0v) is 16.6. The summed E-state index contributed by atoms with van der Waals surface area (Å²) in [6, 6.07) is 0. The molecule has 1 aliphatic rings. The third-order valence-electron chi connectivity index (χ3n) is 4.16. The topological polar surface area (TPSA) is 99.0 Å². The van der Waals surface area contributed by atoms with Crippen LogP contribution >= 0.6 is 23.1 Å². The van der Waals surface area contributed by atoms with Gasteiger partial charge < -0.3 is 10.1 Å². The fourth-order valence-electron chi connectivity index (χ4n) is 2.89. The van der Waals surface area contributed by atoms with Crippen LogP contribution in [0.25, 0.3) is 0 Å². The molecule has 0 saturated carbocycles. The van der Waals surface area contributed by atoms with Gasteiger partial charge >= 0.3 is 5.97 Å². The maximum absolute atomic E-state index is 12.4. The van der Waals surface area contributed by atoms with Crippen LogP contribution in [0.3, 0.4) is 0 Å². The Labute approximate surface area is 159 Å². The summed E-state index contributed by atoms with van der Waals surface area (Å²) in [6.45, 7) is 4.29. The molecule has 0 fully saturated rings. The second-order valence-electron chi connectivity index (χ2n) is 6.20. The van der Waals surface area contributed by atoms with Crippen molar-refractivity contribution in [1.29, 1.82) is 0 Å². The molecule has 0 radical (unpaired) electrons. The van der Waals surface area contributed by atoms with E-state index in [4.69, 9.17) is 4.74 Å². The van der Waals surface area contributed by atoms with Crippen molar-refractivity contribution in [3.05, 3.63) is 16.0 Å². The highest BCUT2D eigenvalue weighted by Crippen LogP contribution is 2.40. The summed E-state index contributed by atoms with van der Waals surface area (Å²) in [5.74, 6) is 0.184. The lowest BCUT2D eigenvalue weighted by molar-refractivity contribution is -0.113. The first kappa shape index (κ1) is 18.8. The van der Waals surface area contributed by atoms with Crippen molar-refractivity contribution in [2.75, 3.05) is 17.7 Å². The van der Waals surface area contributed by atoms with E-state index in [0.717, 1.165) is 24.8 Å². The van der Waals surface area contributed by atoms with Gasteiger partial charge in [-0.3, -0.25) is 4.79 Å². The van der Waals surface area contributed by atoms with E-state index in [-0.39, 0.29) is 17.6 Å². The van der Waals surface area contributed by atoms with Crippen LogP contribution in [0, 0.1) is 5.92 Å². The van der Waals surface area contributed by atoms with Gasteiger partial charge in [0.2, 0.25) is 11.1 Å². The minimum Gasteiger partial charge on any atom is -0.462 e. The molecular weight excluding hydrogens is 374 g/mol. The van der Waals surface area contributed by atoms with Crippen LogP contribution < -0.4 is 5.32 Å². The van der Waals surface area contributed by atoms with Gasteiger partial charge in [-0.15, -0.1) is 16.4 Å². The number of nitrogens with one attached hydrogen (secondary N) is 1. The normalized spacial score (nSPS) is 16.2. The Kier molecular flexibility index (Phi) is 5.92.